The molecule has 88 valence electrons. The molecule has 16 heavy (non-hydrogen) atoms. The van der Waals surface area contributed by atoms with E-state index >= 15 is 0 Å². The Morgan fingerprint density at radius 3 is 2.81 bits per heavy atom. The lowest BCUT2D eigenvalue weighted by Crippen LogP contribution is -2.44. The molecule has 1 atom stereocenters. The van der Waals surface area contributed by atoms with Crippen molar-refractivity contribution in [1.82, 2.24) is 25.4 Å². The van der Waals surface area contributed by atoms with Crippen molar-refractivity contribution in [3.05, 3.63) is 12.2 Å². The average Bonchev–Trinajstić information content (AvgIpc) is 2.61. The van der Waals surface area contributed by atoms with Gasteiger partial charge in [-0.15, -0.1) is 10.2 Å². The van der Waals surface area contributed by atoms with Crippen LogP contribution in [0.4, 0.5) is 4.79 Å². The number of carbonyl (C=O) groups is 2. The van der Waals surface area contributed by atoms with E-state index < -0.39 is 18.0 Å². The minimum Gasteiger partial charge on any atom is -0.480 e. The van der Waals surface area contributed by atoms with E-state index in [0.29, 0.717) is 5.82 Å². The molecule has 2 amide bonds. The van der Waals surface area contributed by atoms with Gasteiger partial charge in [-0.2, -0.15) is 0 Å². The molecule has 1 aromatic heterocycles. The summed E-state index contributed by atoms with van der Waals surface area (Å²) in [5.74, 6) is -0.507. The SMILES string of the molecule is CC(NC(=O)NCc1nncn1C)C(=O)O. The minimum atomic E-state index is -1.09. The van der Waals surface area contributed by atoms with Crippen molar-refractivity contribution in [3.63, 3.8) is 0 Å². The van der Waals surface area contributed by atoms with E-state index in [-0.39, 0.29) is 6.54 Å². The Balaban J connectivity index is 2.36. The Morgan fingerprint density at radius 1 is 1.62 bits per heavy atom. The highest BCUT2D eigenvalue weighted by molar-refractivity contribution is 5.81. The number of amides is 2. The van der Waals surface area contributed by atoms with Gasteiger partial charge in [-0.1, -0.05) is 0 Å². The summed E-state index contributed by atoms with van der Waals surface area (Å²) in [4.78, 5) is 21.7. The summed E-state index contributed by atoms with van der Waals surface area (Å²) in [6.07, 6.45) is 1.51. The maximum atomic E-state index is 11.2. The highest BCUT2D eigenvalue weighted by Crippen LogP contribution is 1.90. The molecule has 0 bridgehead atoms. The van der Waals surface area contributed by atoms with Gasteiger partial charge in [0.1, 0.15) is 12.4 Å². The number of hydrogen-bond donors (Lipinski definition) is 3. The highest BCUT2D eigenvalue weighted by atomic mass is 16.4. The number of nitrogens with one attached hydrogen (secondary N) is 2. The van der Waals surface area contributed by atoms with E-state index in [2.05, 4.69) is 20.8 Å². The van der Waals surface area contributed by atoms with Crippen molar-refractivity contribution in [2.75, 3.05) is 0 Å². The lowest BCUT2D eigenvalue weighted by Gasteiger charge is -2.10. The van der Waals surface area contributed by atoms with Crippen molar-refractivity contribution in [1.29, 1.82) is 0 Å². The van der Waals surface area contributed by atoms with Gasteiger partial charge in [0, 0.05) is 7.05 Å². The number of carboxylic acid groups (broad SMARTS) is 1. The van der Waals surface area contributed by atoms with E-state index in [9.17, 15) is 9.59 Å². The first kappa shape index (κ1) is 12.0. The first-order valence-corrected chi connectivity index (χ1v) is 4.60. The molecular weight excluding hydrogens is 214 g/mol. The number of carbonyl (C=O) groups excluding carboxylic acids is 1. The average molecular weight is 227 g/mol. The monoisotopic (exact) mass is 227 g/mol. The topological polar surface area (TPSA) is 109 Å². The normalized spacial score (nSPS) is 11.9. The van der Waals surface area contributed by atoms with Crippen LogP contribution in [0.1, 0.15) is 12.7 Å². The van der Waals surface area contributed by atoms with Crippen LogP contribution in [0.2, 0.25) is 0 Å². The number of carboxylic acids is 1. The zero-order valence-corrected chi connectivity index (χ0v) is 8.97. The van der Waals surface area contributed by atoms with Crippen molar-refractivity contribution < 1.29 is 14.7 Å². The van der Waals surface area contributed by atoms with E-state index in [1.807, 2.05) is 0 Å². The van der Waals surface area contributed by atoms with Gasteiger partial charge in [0.15, 0.2) is 5.82 Å². The van der Waals surface area contributed by atoms with Gasteiger partial charge in [0.05, 0.1) is 6.54 Å². The molecule has 1 aromatic rings. The Kier molecular flexibility index (Phi) is 3.81. The number of urea groups is 1. The fourth-order valence-corrected chi connectivity index (χ4v) is 0.936. The molecular formula is C8H13N5O3. The lowest BCUT2D eigenvalue weighted by atomic mass is 10.3. The van der Waals surface area contributed by atoms with Gasteiger partial charge >= 0.3 is 12.0 Å². The predicted octanol–water partition coefficient (Wildman–Crippen LogP) is -0.913. The molecule has 8 heteroatoms. The molecule has 0 fully saturated rings. The summed E-state index contributed by atoms with van der Waals surface area (Å²) < 4.78 is 1.65. The fraction of sp³-hybridized carbons (Fsp3) is 0.500. The Hall–Kier alpha value is -2.12. The first-order valence-electron chi connectivity index (χ1n) is 4.60. The largest absolute Gasteiger partial charge is 0.480 e. The van der Waals surface area contributed by atoms with Crippen LogP contribution in [0.3, 0.4) is 0 Å². The molecule has 8 nitrogen and oxygen atoms in total. The first-order chi connectivity index (χ1) is 7.50. The smallest absolute Gasteiger partial charge is 0.325 e. The summed E-state index contributed by atoms with van der Waals surface area (Å²) in [7, 11) is 1.74. The number of aliphatic carboxylic acids is 1. The number of aryl methyl sites for hydroxylation is 1. The molecule has 0 aliphatic carbocycles. The van der Waals surface area contributed by atoms with Gasteiger partial charge in [0.2, 0.25) is 0 Å². The molecule has 0 saturated heterocycles. The van der Waals surface area contributed by atoms with Gasteiger partial charge in [-0.25, -0.2) is 4.79 Å². The predicted molar refractivity (Wildman–Crippen MR) is 53.5 cm³/mol. The third-order valence-corrected chi connectivity index (χ3v) is 1.93. The third-order valence-electron chi connectivity index (χ3n) is 1.93. The van der Waals surface area contributed by atoms with E-state index in [4.69, 9.17) is 5.11 Å². The maximum absolute atomic E-state index is 11.2. The van der Waals surface area contributed by atoms with Crippen molar-refractivity contribution in [3.8, 4) is 0 Å². The number of rotatable bonds is 4. The molecule has 1 heterocycles. The number of hydrogen-bond acceptors (Lipinski definition) is 4. The second-order valence-corrected chi connectivity index (χ2v) is 3.25. The van der Waals surface area contributed by atoms with Crippen LogP contribution < -0.4 is 10.6 Å². The van der Waals surface area contributed by atoms with Crippen LogP contribution in [0, 0.1) is 0 Å². The van der Waals surface area contributed by atoms with Crippen LogP contribution in [-0.2, 0) is 18.4 Å². The standard InChI is InChI=1S/C8H13N5O3/c1-5(7(14)15)11-8(16)9-3-6-12-10-4-13(6)2/h4-5H,3H2,1-2H3,(H,14,15)(H2,9,11,16). The van der Waals surface area contributed by atoms with Crippen LogP contribution in [-0.4, -0.2) is 37.9 Å². The third kappa shape index (κ3) is 3.23. The molecule has 0 aliphatic rings. The summed E-state index contributed by atoms with van der Waals surface area (Å²) >= 11 is 0. The van der Waals surface area contributed by atoms with Gasteiger partial charge in [-0.3, -0.25) is 4.79 Å². The van der Waals surface area contributed by atoms with Crippen molar-refractivity contribution in [2.45, 2.75) is 19.5 Å². The summed E-state index contributed by atoms with van der Waals surface area (Å²) in [5.41, 5.74) is 0. The molecule has 0 aromatic carbocycles. The molecule has 1 unspecified atom stereocenters. The second-order valence-electron chi connectivity index (χ2n) is 3.25. The summed E-state index contributed by atoms with van der Waals surface area (Å²) in [5, 5.41) is 20.7. The molecule has 0 aliphatic heterocycles. The van der Waals surface area contributed by atoms with Gasteiger partial charge in [0.25, 0.3) is 0 Å². The Morgan fingerprint density at radius 2 is 2.31 bits per heavy atom. The zero-order chi connectivity index (χ0) is 12.1. The maximum Gasteiger partial charge on any atom is 0.325 e. The van der Waals surface area contributed by atoms with E-state index in [1.54, 1.807) is 11.6 Å². The van der Waals surface area contributed by atoms with Crippen LogP contribution in [0.15, 0.2) is 6.33 Å². The molecule has 0 spiro atoms. The highest BCUT2D eigenvalue weighted by Gasteiger charge is 2.13. The Bertz CT molecular complexity index is 389. The van der Waals surface area contributed by atoms with Gasteiger partial charge in [-0.05, 0) is 6.92 Å². The molecule has 0 radical (unpaired) electrons. The lowest BCUT2D eigenvalue weighted by molar-refractivity contribution is -0.138. The van der Waals surface area contributed by atoms with E-state index in [0.717, 1.165) is 0 Å². The molecule has 1 rings (SSSR count). The number of aromatic nitrogens is 3. The zero-order valence-electron chi connectivity index (χ0n) is 8.97. The van der Waals surface area contributed by atoms with Gasteiger partial charge < -0.3 is 20.3 Å². The van der Waals surface area contributed by atoms with Crippen molar-refractivity contribution in [2.24, 2.45) is 7.05 Å². The summed E-state index contributed by atoms with van der Waals surface area (Å²) in [6, 6.07) is -1.49. The second kappa shape index (κ2) is 5.10. The van der Waals surface area contributed by atoms with Crippen LogP contribution in [0.5, 0.6) is 0 Å². The van der Waals surface area contributed by atoms with Crippen LogP contribution >= 0.6 is 0 Å². The molecule has 0 saturated carbocycles. The summed E-state index contributed by atoms with van der Waals surface area (Å²) in [6.45, 7) is 1.57. The Labute approximate surface area is 91.7 Å². The molecule has 3 N–H and O–H groups in total. The minimum absolute atomic E-state index is 0.189. The van der Waals surface area contributed by atoms with Crippen LogP contribution in [0.25, 0.3) is 0 Å². The van der Waals surface area contributed by atoms with E-state index in [1.165, 1.54) is 13.3 Å². The fourth-order valence-electron chi connectivity index (χ4n) is 0.936. The number of nitrogens with zero attached hydrogens (tertiary/aromatic N) is 3. The van der Waals surface area contributed by atoms with Crippen molar-refractivity contribution >= 4 is 12.0 Å². The quantitative estimate of drug-likeness (QED) is 0.616.